The Labute approximate surface area is 87.3 Å². The summed E-state index contributed by atoms with van der Waals surface area (Å²) in [4.78, 5) is 10.3. The number of rotatable bonds is 2. The van der Waals surface area contributed by atoms with Crippen LogP contribution in [-0.4, -0.2) is 4.92 Å². The summed E-state index contributed by atoms with van der Waals surface area (Å²) in [5.74, 6) is 0. The molecular formula is C10H11N3O2. The van der Waals surface area contributed by atoms with Gasteiger partial charge >= 0.3 is 0 Å². The smallest absolute Gasteiger partial charge is 0.296 e. The molecule has 1 aromatic carbocycles. The van der Waals surface area contributed by atoms with E-state index >= 15 is 0 Å². The number of para-hydroxylation sites is 1. The molecule has 0 amide bonds. The molecule has 2 N–H and O–H groups in total. The fourth-order valence-electron chi connectivity index (χ4n) is 1.33. The van der Waals surface area contributed by atoms with Crippen molar-refractivity contribution in [3.63, 3.8) is 0 Å². The Bertz CT molecular complexity index is 446. The van der Waals surface area contributed by atoms with E-state index in [4.69, 9.17) is 11.0 Å². The summed E-state index contributed by atoms with van der Waals surface area (Å²) in [6.07, 6.45) is 0. The minimum Gasteiger partial charge on any atom is -0.393 e. The molecule has 78 valence electrons. The zero-order valence-electron chi connectivity index (χ0n) is 8.52. The van der Waals surface area contributed by atoms with Crippen molar-refractivity contribution < 1.29 is 4.92 Å². The van der Waals surface area contributed by atoms with Crippen LogP contribution in [0.3, 0.4) is 0 Å². The summed E-state index contributed by atoms with van der Waals surface area (Å²) >= 11 is 0. The molecule has 0 aliphatic rings. The standard InChI is InChI=1S/C10H11N3O2/c1-10(2,6-11)7-4-3-5-8(12)9(7)13(14)15/h3-5H,12H2,1-2H3. The summed E-state index contributed by atoms with van der Waals surface area (Å²) in [7, 11) is 0. The molecule has 0 aromatic heterocycles. The summed E-state index contributed by atoms with van der Waals surface area (Å²) in [5, 5.41) is 19.8. The lowest BCUT2D eigenvalue weighted by Crippen LogP contribution is -2.16. The number of anilines is 1. The van der Waals surface area contributed by atoms with Crippen LogP contribution in [0, 0.1) is 21.4 Å². The Morgan fingerprint density at radius 1 is 1.53 bits per heavy atom. The van der Waals surface area contributed by atoms with Gasteiger partial charge in [-0.25, -0.2) is 0 Å². The second-order valence-electron chi connectivity index (χ2n) is 3.74. The average Bonchev–Trinajstić information content (AvgIpc) is 2.16. The molecule has 0 heterocycles. The molecule has 0 fully saturated rings. The number of nitrogens with two attached hydrogens (primary N) is 1. The number of nitriles is 1. The van der Waals surface area contributed by atoms with Gasteiger partial charge < -0.3 is 5.73 Å². The van der Waals surface area contributed by atoms with Crippen LogP contribution in [-0.2, 0) is 5.41 Å². The first-order valence-electron chi connectivity index (χ1n) is 4.35. The molecule has 5 heteroatoms. The fourth-order valence-corrected chi connectivity index (χ4v) is 1.33. The normalized spacial score (nSPS) is 10.7. The monoisotopic (exact) mass is 205 g/mol. The maximum absolute atomic E-state index is 10.8. The van der Waals surface area contributed by atoms with E-state index < -0.39 is 10.3 Å². The van der Waals surface area contributed by atoms with Gasteiger partial charge in [0.25, 0.3) is 5.69 Å². The largest absolute Gasteiger partial charge is 0.393 e. The second-order valence-corrected chi connectivity index (χ2v) is 3.74. The minimum atomic E-state index is -0.919. The van der Waals surface area contributed by atoms with Crippen LogP contribution < -0.4 is 5.73 Å². The highest BCUT2D eigenvalue weighted by Gasteiger charge is 2.30. The van der Waals surface area contributed by atoms with Gasteiger partial charge in [-0.3, -0.25) is 10.1 Å². The Morgan fingerprint density at radius 3 is 2.60 bits per heavy atom. The predicted molar refractivity (Wildman–Crippen MR) is 56.1 cm³/mol. The first-order chi connectivity index (χ1) is 6.90. The van der Waals surface area contributed by atoms with E-state index in [-0.39, 0.29) is 11.4 Å². The van der Waals surface area contributed by atoms with Gasteiger partial charge in [-0.2, -0.15) is 5.26 Å². The van der Waals surface area contributed by atoms with E-state index in [1.54, 1.807) is 26.0 Å². The summed E-state index contributed by atoms with van der Waals surface area (Å²) in [6.45, 7) is 3.24. The third-order valence-corrected chi connectivity index (χ3v) is 2.20. The molecule has 0 saturated carbocycles. The molecule has 0 aliphatic carbocycles. The molecule has 15 heavy (non-hydrogen) atoms. The zero-order chi connectivity index (χ0) is 11.6. The van der Waals surface area contributed by atoms with Gasteiger partial charge in [0.2, 0.25) is 0 Å². The molecule has 0 unspecified atom stereocenters. The minimum absolute atomic E-state index is 0.0841. The molecule has 0 bridgehead atoms. The van der Waals surface area contributed by atoms with Crippen molar-refractivity contribution in [1.29, 1.82) is 5.26 Å². The molecule has 0 atom stereocenters. The van der Waals surface area contributed by atoms with Crippen LogP contribution in [0.1, 0.15) is 19.4 Å². The molecule has 0 spiro atoms. The SMILES string of the molecule is CC(C)(C#N)c1cccc(N)c1[N+](=O)[O-]. The first-order valence-corrected chi connectivity index (χ1v) is 4.35. The van der Waals surface area contributed by atoms with Gasteiger partial charge in [-0.05, 0) is 19.9 Å². The maximum Gasteiger partial charge on any atom is 0.296 e. The van der Waals surface area contributed by atoms with Crippen LogP contribution in [0.4, 0.5) is 11.4 Å². The summed E-state index contributed by atoms with van der Waals surface area (Å²) < 4.78 is 0. The lowest BCUT2D eigenvalue weighted by Gasteiger charge is -2.16. The van der Waals surface area contributed by atoms with Crippen LogP contribution in [0.25, 0.3) is 0 Å². The van der Waals surface area contributed by atoms with Crippen molar-refractivity contribution in [1.82, 2.24) is 0 Å². The number of benzene rings is 1. The van der Waals surface area contributed by atoms with E-state index in [0.29, 0.717) is 5.56 Å². The van der Waals surface area contributed by atoms with Gasteiger partial charge in [0.15, 0.2) is 0 Å². The quantitative estimate of drug-likeness (QED) is 0.453. The van der Waals surface area contributed by atoms with Crippen molar-refractivity contribution in [3.05, 3.63) is 33.9 Å². The highest BCUT2D eigenvalue weighted by molar-refractivity contribution is 5.65. The van der Waals surface area contributed by atoms with E-state index in [1.807, 2.05) is 6.07 Å². The van der Waals surface area contributed by atoms with Crippen molar-refractivity contribution >= 4 is 11.4 Å². The molecule has 1 aromatic rings. The van der Waals surface area contributed by atoms with Gasteiger partial charge in [-0.1, -0.05) is 12.1 Å². The third-order valence-electron chi connectivity index (χ3n) is 2.20. The molecule has 0 radical (unpaired) electrons. The fraction of sp³-hybridized carbons (Fsp3) is 0.300. The Kier molecular flexibility index (Phi) is 2.62. The summed E-state index contributed by atoms with van der Waals surface area (Å²) in [6, 6.07) is 6.63. The van der Waals surface area contributed by atoms with E-state index in [1.165, 1.54) is 6.07 Å². The number of hydrogen-bond donors (Lipinski definition) is 1. The highest BCUT2D eigenvalue weighted by Crippen LogP contribution is 2.34. The van der Waals surface area contributed by atoms with E-state index in [9.17, 15) is 10.1 Å². The van der Waals surface area contributed by atoms with Crippen molar-refractivity contribution in [2.75, 3.05) is 5.73 Å². The number of nitro groups is 1. The Morgan fingerprint density at radius 2 is 2.13 bits per heavy atom. The van der Waals surface area contributed by atoms with Gasteiger partial charge in [-0.15, -0.1) is 0 Å². The van der Waals surface area contributed by atoms with Crippen molar-refractivity contribution in [2.45, 2.75) is 19.3 Å². The highest BCUT2D eigenvalue weighted by atomic mass is 16.6. The average molecular weight is 205 g/mol. The summed E-state index contributed by atoms with van der Waals surface area (Å²) in [5.41, 5.74) is 4.85. The lowest BCUT2D eigenvalue weighted by atomic mass is 9.85. The van der Waals surface area contributed by atoms with E-state index in [0.717, 1.165) is 0 Å². The van der Waals surface area contributed by atoms with Gasteiger partial charge in [0.1, 0.15) is 5.69 Å². The van der Waals surface area contributed by atoms with Crippen LogP contribution >= 0.6 is 0 Å². The Hall–Kier alpha value is -2.09. The first kappa shape index (κ1) is 11.0. The molecule has 1 rings (SSSR count). The van der Waals surface area contributed by atoms with Crippen molar-refractivity contribution in [2.24, 2.45) is 0 Å². The number of nitro benzene ring substituents is 1. The second kappa shape index (κ2) is 3.58. The van der Waals surface area contributed by atoms with Crippen LogP contribution in [0.15, 0.2) is 18.2 Å². The zero-order valence-corrected chi connectivity index (χ0v) is 8.52. The van der Waals surface area contributed by atoms with Gasteiger partial charge in [0.05, 0.1) is 22.0 Å². The Balaban J connectivity index is 3.51. The van der Waals surface area contributed by atoms with E-state index in [2.05, 4.69) is 0 Å². The van der Waals surface area contributed by atoms with Crippen LogP contribution in [0.2, 0.25) is 0 Å². The lowest BCUT2D eigenvalue weighted by molar-refractivity contribution is -0.384. The third kappa shape index (κ3) is 1.89. The van der Waals surface area contributed by atoms with Crippen molar-refractivity contribution in [3.8, 4) is 6.07 Å². The topological polar surface area (TPSA) is 93.0 Å². The molecule has 5 nitrogen and oxygen atoms in total. The molecule has 0 aliphatic heterocycles. The molecular weight excluding hydrogens is 194 g/mol. The van der Waals surface area contributed by atoms with Gasteiger partial charge in [0, 0.05) is 0 Å². The number of hydrogen-bond acceptors (Lipinski definition) is 4. The molecule has 0 saturated heterocycles. The maximum atomic E-state index is 10.8. The predicted octanol–water partition coefficient (Wildman–Crippen LogP) is 1.98. The number of nitrogen functional groups attached to an aromatic ring is 1. The number of nitrogens with zero attached hydrogens (tertiary/aromatic N) is 2. The van der Waals surface area contributed by atoms with Crippen LogP contribution in [0.5, 0.6) is 0 Å².